The van der Waals surface area contributed by atoms with Crippen LogP contribution in [0.3, 0.4) is 0 Å². The van der Waals surface area contributed by atoms with E-state index in [1.165, 1.54) is 16.3 Å². The topological polar surface area (TPSA) is 29.3 Å². The third-order valence-electron chi connectivity index (χ3n) is 2.92. The molecule has 2 aromatic rings. The predicted octanol–water partition coefficient (Wildman–Crippen LogP) is 2.67. The summed E-state index contributed by atoms with van der Waals surface area (Å²) in [6.45, 7) is 2.11. The molecule has 0 aliphatic carbocycles. The minimum Gasteiger partial charge on any atom is -0.312 e. The van der Waals surface area contributed by atoms with Crippen molar-refractivity contribution in [1.82, 2.24) is 4.90 Å². The zero-order valence-corrected chi connectivity index (χ0v) is 10.1. The number of hydrogen-bond acceptors (Lipinski definition) is 2. The van der Waals surface area contributed by atoms with Crippen molar-refractivity contribution in [3.63, 3.8) is 0 Å². The number of aryl methyl sites for hydroxylation is 1. The first-order valence-electron chi connectivity index (χ1n) is 5.50. The monoisotopic (exact) mass is 214 g/mol. The smallest absolute Gasteiger partial charge is 0.0830 e. The maximum atomic E-state index is 6.08. The summed E-state index contributed by atoms with van der Waals surface area (Å²) in [4.78, 5) is 2.01. The molecule has 0 saturated carbocycles. The van der Waals surface area contributed by atoms with Crippen LogP contribution in [0, 0.1) is 6.92 Å². The maximum absolute atomic E-state index is 6.08. The SMILES string of the molecule is Cc1ccc2cc(C(N)N(C)C)ccc2c1. The van der Waals surface area contributed by atoms with Crippen molar-refractivity contribution in [2.24, 2.45) is 5.73 Å². The van der Waals surface area contributed by atoms with E-state index in [1.807, 2.05) is 19.0 Å². The molecule has 0 radical (unpaired) electrons. The Bertz CT molecular complexity index is 503. The molecule has 0 fully saturated rings. The summed E-state index contributed by atoms with van der Waals surface area (Å²) in [6.07, 6.45) is -0.0364. The number of benzene rings is 2. The van der Waals surface area contributed by atoms with Crippen molar-refractivity contribution in [3.8, 4) is 0 Å². The van der Waals surface area contributed by atoms with Crippen molar-refractivity contribution in [1.29, 1.82) is 0 Å². The van der Waals surface area contributed by atoms with Crippen LogP contribution in [-0.2, 0) is 0 Å². The highest BCUT2D eigenvalue weighted by Gasteiger charge is 2.08. The second kappa shape index (κ2) is 4.24. The lowest BCUT2D eigenvalue weighted by molar-refractivity contribution is 0.307. The normalized spacial score (nSPS) is 13.3. The van der Waals surface area contributed by atoms with Crippen molar-refractivity contribution in [3.05, 3.63) is 47.5 Å². The quantitative estimate of drug-likeness (QED) is 0.779. The average molecular weight is 214 g/mol. The van der Waals surface area contributed by atoms with Gasteiger partial charge in [0.1, 0.15) is 0 Å². The standard InChI is InChI=1S/C14H18N2/c1-10-4-5-12-9-13(14(15)16(2)3)7-6-11(12)8-10/h4-9,14H,15H2,1-3H3. The van der Waals surface area contributed by atoms with Gasteiger partial charge in [0.2, 0.25) is 0 Å². The van der Waals surface area contributed by atoms with Gasteiger partial charge < -0.3 is 5.73 Å². The number of rotatable bonds is 2. The van der Waals surface area contributed by atoms with Gasteiger partial charge in [0.05, 0.1) is 6.17 Å². The first kappa shape index (κ1) is 11.1. The summed E-state index contributed by atoms with van der Waals surface area (Å²) in [6, 6.07) is 12.9. The Balaban J connectivity index is 2.48. The minimum atomic E-state index is -0.0364. The molecule has 84 valence electrons. The summed E-state index contributed by atoms with van der Waals surface area (Å²) in [5.41, 5.74) is 8.53. The minimum absolute atomic E-state index is 0.0364. The molecule has 0 aliphatic heterocycles. The molecular formula is C14H18N2. The van der Waals surface area contributed by atoms with Crippen molar-refractivity contribution in [2.45, 2.75) is 13.1 Å². The summed E-state index contributed by atoms with van der Waals surface area (Å²) < 4.78 is 0. The Labute approximate surface area is 96.7 Å². The van der Waals surface area contributed by atoms with Gasteiger partial charge in [-0.3, -0.25) is 4.90 Å². The van der Waals surface area contributed by atoms with Crippen molar-refractivity contribution < 1.29 is 0 Å². The number of hydrogen-bond donors (Lipinski definition) is 1. The Morgan fingerprint density at radius 1 is 1.00 bits per heavy atom. The van der Waals surface area contributed by atoms with Crippen LogP contribution in [0.1, 0.15) is 17.3 Å². The Kier molecular flexibility index (Phi) is 2.95. The van der Waals surface area contributed by atoms with Crippen LogP contribution in [0.5, 0.6) is 0 Å². The van der Waals surface area contributed by atoms with Crippen LogP contribution >= 0.6 is 0 Å². The molecule has 0 aliphatic rings. The Hall–Kier alpha value is -1.38. The molecule has 2 heteroatoms. The fourth-order valence-corrected chi connectivity index (χ4v) is 1.87. The molecule has 0 bridgehead atoms. The van der Waals surface area contributed by atoms with Crippen LogP contribution in [0.25, 0.3) is 10.8 Å². The summed E-state index contributed by atoms with van der Waals surface area (Å²) in [5.74, 6) is 0. The van der Waals surface area contributed by atoms with E-state index < -0.39 is 0 Å². The predicted molar refractivity (Wildman–Crippen MR) is 69.3 cm³/mol. The Morgan fingerprint density at radius 3 is 2.31 bits per heavy atom. The van der Waals surface area contributed by atoms with Gasteiger partial charge in [0.15, 0.2) is 0 Å². The third-order valence-corrected chi connectivity index (χ3v) is 2.92. The van der Waals surface area contributed by atoms with E-state index in [0.717, 1.165) is 5.56 Å². The number of nitrogens with two attached hydrogens (primary N) is 1. The van der Waals surface area contributed by atoms with Crippen LogP contribution in [0.2, 0.25) is 0 Å². The van der Waals surface area contributed by atoms with E-state index in [-0.39, 0.29) is 6.17 Å². The van der Waals surface area contributed by atoms with Crippen LogP contribution in [-0.4, -0.2) is 19.0 Å². The zero-order valence-electron chi connectivity index (χ0n) is 10.1. The highest BCUT2D eigenvalue weighted by atomic mass is 15.2. The number of nitrogens with zero attached hydrogens (tertiary/aromatic N) is 1. The van der Waals surface area contributed by atoms with Gasteiger partial charge in [-0.15, -0.1) is 0 Å². The van der Waals surface area contributed by atoms with Gasteiger partial charge in [-0.25, -0.2) is 0 Å². The highest BCUT2D eigenvalue weighted by molar-refractivity contribution is 5.83. The summed E-state index contributed by atoms with van der Waals surface area (Å²) >= 11 is 0. The second-order valence-corrected chi connectivity index (χ2v) is 4.52. The average Bonchev–Trinajstić information content (AvgIpc) is 2.27. The van der Waals surface area contributed by atoms with E-state index in [0.29, 0.717) is 0 Å². The largest absolute Gasteiger partial charge is 0.312 e. The first-order chi connectivity index (χ1) is 7.58. The van der Waals surface area contributed by atoms with Crippen molar-refractivity contribution >= 4 is 10.8 Å². The fraction of sp³-hybridized carbons (Fsp3) is 0.286. The molecule has 0 spiro atoms. The molecule has 16 heavy (non-hydrogen) atoms. The molecule has 1 atom stereocenters. The molecule has 2 rings (SSSR count). The number of fused-ring (bicyclic) bond motifs is 1. The van der Waals surface area contributed by atoms with Gasteiger partial charge in [-0.2, -0.15) is 0 Å². The lowest BCUT2D eigenvalue weighted by Gasteiger charge is -2.20. The summed E-state index contributed by atoms with van der Waals surface area (Å²) in [5, 5.41) is 2.52. The lowest BCUT2D eigenvalue weighted by Crippen LogP contribution is -2.27. The Morgan fingerprint density at radius 2 is 1.62 bits per heavy atom. The van der Waals surface area contributed by atoms with E-state index in [9.17, 15) is 0 Å². The van der Waals surface area contributed by atoms with Gasteiger partial charge in [0, 0.05) is 0 Å². The van der Waals surface area contributed by atoms with Gasteiger partial charge in [-0.1, -0.05) is 35.9 Å². The third kappa shape index (κ3) is 2.08. The highest BCUT2D eigenvalue weighted by Crippen LogP contribution is 2.21. The second-order valence-electron chi connectivity index (χ2n) is 4.52. The van der Waals surface area contributed by atoms with Crippen molar-refractivity contribution in [2.75, 3.05) is 14.1 Å². The molecule has 2 aromatic carbocycles. The molecule has 0 saturated heterocycles. The van der Waals surface area contributed by atoms with Crippen LogP contribution < -0.4 is 5.73 Å². The van der Waals surface area contributed by atoms with E-state index in [1.54, 1.807) is 0 Å². The molecular weight excluding hydrogens is 196 g/mol. The molecule has 2 N–H and O–H groups in total. The fourth-order valence-electron chi connectivity index (χ4n) is 1.87. The molecule has 0 amide bonds. The molecule has 0 heterocycles. The first-order valence-corrected chi connectivity index (χ1v) is 5.50. The zero-order chi connectivity index (χ0) is 11.7. The van der Waals surface area contributed by atoms with Gasteiger partial charge in [0.25, 0.3) is 0 Å². The van der Waals surface area contributed by atoms with Gasteiger partial charge >= 0.3 is 0 Å². The van der Waals surface area contributed by atoms with Crippen LogP contribution in [0.15, 0.2) is 36.4 Å². The van der Waals surface area contributed by atoms with Crippen LogP contribution in [0.4, 0.5) is 0 Å². The van der Waals surface area contributed by atoms with E-state index in [2.05, 4.69) is 43.3 Å². The van der Waals surface area contributed by atoms with E-state index in [4.69, 9.17) is 5.73 Å². The summed E-state index contributed by atoms with van der Waals surface area (Å²) in [7, 11) is 3.98. The molecule has 1 unspecified atom stereocenters. The molecule has 0 aromatic heterocycles. The van der Waals surface area contributed by atoms with E-state index >= 15 is 0 Å². The maximum Gasteiger partial charge on any atom is 0.0830 e. The molecule has 2 nitrogen and oxygen atoms in total. The van der Waals surface area contributed by atoms with Gasteiger partial charge in [-0.05, 0) is 43.4 Å². The lowest BCUT2D eigenvalue weighted by atomic mass is 10.0.